The lowest BCUT2D eigenvalue weighted by molar-refractivity contribution is -0.173. The van der Waals surface area contributed by atoms with E-state index in [2.05, 4.69) is 40.7 Å². The molecule has 7 heteroatoms. The summed E-state index contributed by atoms with van der Waals surface area (Å²) in [7, 11) is 0. The van der Waals surface area contributed by atoms with Crippen molar-refractivity contribution in [1.29, 1.82) is 5.26 Å². The molecule has 6 rings (SSSR count). The van der Waals surface area contributed by atoms with E-state index >= 15 is 0 Å². The van der Waals surface area contributed by atoms with E-state index in [-0.39, 0.29) is 81.8 Å². The van der Waals surface area contributed by atoms with Crippen LogP contribution in [0.2, 0.25) is 0 Å². The Hall–Kier alpha value is -2.36. The zero-order valence-electron chi connectivity index (χ0n) is 27.7. The number of carbonyl (C=O) groups excluding carboxylic acids is 3. The molecular formula is C37H50F2N2O3. The molecule has 4 fully saturated rings. The van der Waals surface area contributed by atoms with Gasteiger partial charge in [0.05, 0.1) is 12.1 Å². The van der Waals surface area contributed by atoms with Crippen molar-refractivity contribution in [2.75, 3.05) is 13.1 Å². The van der Waals surface area contributed by atoms with Crippen molar-refractivity contribution < 1.29 is 23.2 Å². The lowest BCUT2D eigenvalue weighted by Gasteiger charge is -2.69. The van der Waals surface area contributed by atoms with Crippen molar-refractivity contribution in [1.82, 2.24) is 4.90 Å². The average molecular weight is 609 g/mol. The summed E-state index contributed by atoms with van der Waals surface area (Å²) >= 11 is 0. The van der Waals surface area contributed by atoms with Crippen LogP contribution in [0.25, 0.3) is 0 Å². The van der Waals surface area contributed by atoms with Crippen LogP contribution in [0.3, 0.4) is 0 Å². The SMILES string of the molecule is CC1(C)CCC2(CCC(=O)N3CCC(F)(F)C3)CCC3(C)C(C(=O)C=C4C5(C)C=C(C#N)C(=O)C(C)(C)C5CCC43C)C2C1. The molecule has 0 bridgehead atoms. The van der Waals surface area contributed by atoms with Crippen molar-refractivity contribution in [3.8, 4) is 6.07 Å². The minimum absolute atomic E-state index is 0.00662. The number of Topliss-reactive ketones (excluding diaryl/α,β-unsaturated/α-hetero) is 1. The first kappa shape index (κ1) is 31.6. The van der Waals surface area contributed by atoms with Gasteiger partial charge in [-0.1, -0.05) is 60.1 Å². The third kappa shape index (κ3) is 4.28. The number of carbonyl (C=O) groups is 3. The monoisotopic (exact) mass is 608 g/mol. The molecule has 1 saturated heterocycles. The van der Waals surface area contributed by atoms with Gasteiger partial charge in [0, 0.05) is 36.1 Å². The van der Waals surface area contributed by atoms with Crippen molar-refractivity contribution in [2.45, 2.75) is 119 Å². The Morgan fingerprint density at radius 2 is 1.68 bits per heavy atom. The first-order valence-corrected chi connectivity index (χ1v) is 16.9. The van der Waals surface area contributed by atoms with Gasteiger partial charge in [-0.25, -0.2) is 8.78 Å². The Kier molecular flexibility index (Phi) is 6.88. The normalized spacial score (nSPS) is 43.5. The lowest BCUT2D eigenvalue weighted by atomic mass is 9.34. The van der Waals surface area contributed by atoms with E-state index in [1.54, 1.807) is 0 Å². The van der Waals surface area contributed by atoms with Gasteiger partial charge in [0.1, 0.15) is 6.07 Å². The smallest absolute Gasteiger partial charge is 0.267 e. The van der Waals surface area contributed by atoms with Crippen LogP contribution >= 0.6 is 0 Å². The van der Waals surface area contributed by atoms with Gasteiger partial charge in [0.25, 0.3) is 5.92 Å². The second-order valence-electron chi connectivity index (χ2n) is 17.5. The molecule has 0 radical (unpaired) electrons. The molecule has 7 atom stereocenters. The highest BCUT2D eigenvalue weighted by Crippen LogP contribution is 2.75. The second kappa shape index (κ2) is 9.58. The maximum Gasteiger partial charge on any atom is 0.267 e. The molecule has 5 nitrogen and oxygen atoms in total. The summed E-state index contributed by atoms with van der Waals surface area (Å²) in [5.74, 6) is -3.00. The third-order valence-electron chi connectivity index (χ3n) is 14.4. The number of halogens is 2. The number of hydrogen-bond acceptors (Lipinski definition) is 4. The highest BCUT2D eigenvalue weighted by molar-refractivity contribution is 6.04. The van der Waals surface area contributed by atoms with Crippen molar-refractivity contribution in [2.24, 2.45) is 50.2 Å². The molecule has 1 aliphatic heterocycles. The van der Waals surface area contributed by atoms with Crippen LogP contribution in [0, 0.1) is 61.6 Å². The molecule has 3 saturated carbocycles. The summed E-state index contributed by atoms with van der Waals surface area (Å²) in [6, 6.07) is 2.18. The zero-order chi connectivity index (χ0) is 32.3. The number of likely N-dealkylation sites (tertiary alicyclic amines) is 1. The average Bonchev–Trinajstić information content (AvgIpc) is 3.30. The van der Waals surface area contributed by atoms with Gasteiger partial charge in [-0.15, -0.1) is 0 Å². The quantitative estimate of drug-likeness (QED) is 0.327. The van der Waals surface area contributed by atoms with Crippen LogP contribution in [0.15, 0.2) is 23.3 Å². The fourth-order valence-electron chi connectivity index (χ4n) is 11.6. The van der Waals surface area contributed by atoms with Gasteiger partial charge < -0.3 is 4.90 Å². The van der Waals surface area contributed by atoms with Crippen LogP contribution in [0.1, 0.15) is 113 Å². The Morgan fingerprint density at radius 1 is 1.00 bits per heavy atom. The van der Waals surface area contributed by atoms with Crippen LogP contribution in [-0.4, -0.2) is 41.4 Å². The molecule has 5 aliphatic carbocycles. The summed E-state index contributed by atoms with van der Waals surface area (Å²) in [5.41, 5.74) is -0.653. The summed E-state index contributed by atoms with van der Waals surface area (Å²) in [5, 5.41) is 9.95. The summed E-state index contributed by atoms with van der Waals surface area (Å²) in [4.78, 5) is 42.5. The molecule has 1 heterocycles. The van der Waals surface area contributed by atoms with Crippen LogP contribution in [-0.2, 0) is 14.4 Å². The predicted octanol–water partition coefficient (Wildman–Crippen LogP) is 7.85. The molecule has 0 spiro atoms. The number of ketones is 2. The van der Waals surface area contributed by atoms with Gasteiger partial charge in [-0.2, -0.15) is 5.26 Å². The van der Waals surface area contributed by atoms with E-state index in [0.717, 1.165) is 50.5 Å². The Morgan fingerprint density at radius 3 is 2.32 bits per heavy atom. The number of fused-ring (bicyclic) bond motifs is 7. The fourth-order valence-corrected chi connectivity index (χ4v) is 11.6. The van der Waals surface area contributed by atoms with E-state index in [4.69, 9.17) is 0 Å². The van der Waals surface area contributed by atoms with Gasteiger partial charge in [0.2, 0.25) is 5.91 Å². The Labute approximate surface area is 261 Å². The van der Waals surface area contributed by atoms with Crippen LogP contribution < -0.4 is 0 Å². The fraction of sp³-hybridized carbons (Fsp3) is 0.784. The number of hydrogen-bond donors (Lipinski definition) is 0. The summed E-state index contributed by atoms with van der Waals surface area (Å²) < 4.78 is 27.8. The largest absolute Gasteiger partial charge is 0.336 e. The molecule has 44 heavy (non-hydrogen) atoms. The van der Waals surface area contributed by atoms with E-state index in [9.17, 15) is 28.4 Å². The van der Waals surface area contributed by atoms with Crippen molar-refractivity contribution >= 4 is 17.5 Å². The molecule has 240 valence electrons. The highest BCUT2D eigenvalue weighted by Gasteiger charge is 2.69. The molecule has 0 aromatic carbocycles. The van der Waals surface area contributed by atoms with E-state index in [1.807, 2.05) is 26.0 Å². The first-order valence-electron chi connectivity index (χ1n) is 16.9. The molecule has 0 aromatic rings. The van der Waals surface area contributed by atoms with E-state index < -0.39 is 23.3 Å². The summed E-state index contributed by atoms with van der Waals surface area (Å²) in [6.07, 6.45) is 10.9. The molecule has 1 amide bonds. The minimum atomic E-state index is -2.80. The molecule has 6 aliphatic rings. The topological polar surface area (TPSA) is 78.2 Å². The number of rotatable bonds is 3. The van der Waals surface area contributed by atoms with Crippen molar-refractivity contribution in [3.63, 3.8) is 0 Å². The Bertz CT molecular complexity index is 1420. The maximum atomic E-state index is 14.7. The lowest BCUT2D eigenvalue weighted by Crippen LogP contribution is -2.64. The number of nitrogens with zero attached hydrogens (tertiary/aromatic N) is 2. The number of amides is 1. The third-order valence-corrected chi connectivity index (χ3v) is 14.4. The number of alkyl halides is 2. The van der Waals surface area contributed by atoms with E-state index in [1.165, 1.54) is 4.90 Å². The van der Waals surface area contributed by atoms with Crippen LogP contribution in [0.5, 0.6) is 0 Å². The molecule has 7 unspecified atom stereocenters. The molecule has 0 aromatic heterocycles. The van der Waals surface area contributed by atoms with Gasteiger partial charge >= 0.3 is 0 Å². The minimum Gasteiger partial charge on any atom is -0.336 e. The molecular weight excluding hydrogens is 558 g/mol. The highest BCUT2D eigenvalue weighted by atomic mass is 19.3. The van der Waals surface area contributed by atoms with Gasteiger partial charge in [-0.05, 0) is 90.9 Å². The zero-order valence-corrected chi connectivity index (χ0v) is 27.7. The van der Waals surface area contributed by atoms with Crippen LogP contribution in [0.4, 0.5) is 8.78 Å². The van der Waals surface area contributed by atoms with Gasteiger partial charge in [-0.3, -0.25) is 14.4 Å². The number of nitriles is 1. The van der Waals surface area contributed by atoms with Crippen molar-refractivity contribution in [3.05, 3.63) is 23.3 Å². The Balaban J connectivity index is 1.39. The predicted molar refractivity (Wildman–Crippen MR) is 164 cm³/mol. The molecule has 0 N–H and O–H groups in total. The van der Waals surface area contributed by atoms with Gasteiger partial charge in [0.15, 0.2) is 11.6 Å². The number of allylic oxidation sites excluding steroid dienone is 4. The maximum absolute atomic E-state index is 14.7. The second-order valence-corrected chi connectivity index (χ2v) is 17.5. The van der Waals surface area contributed by atoms with E-state index in [0.29, 0.717) is 6.42 Å². The first-order chi connectivity index (χ1) is 20.3. The summed E-state index contributed by atoms with van der Waals surface area (Å²) in [6.45, 7) is 14.9. The standard InChI is InChI=1S/C37H50F2N2O3/c1-31(2)12-14-36(11-9-28(43)41-17-16-37(38,39)22-41)15-13-35(7)29(24(36)20-31)25(42)18-27-33(5)19-23(21-40)30(44)32(3,4)26(33)8-10-34(27,35)6/h18-19,24,26,29H,8-17,20,22H2,1-7H3.